The van der Waals surface area contributed by atoms with E-state index >= 15 is 0 Å². The average Bonchev–Trinajstić information content (AvgIpc) is 3.43. The molecule has 0 saturated heterocycles. The van der Waals surface area contributed by atoms with Crippen molar-refractivity contribution in [3.63, 3.8) is 0 Å². The van der Waals surface area contributed by atoms with Crippen molar-refractivity contribution in [1.29, 1.82) is 0 Å². The highest BCUT2D eigenvalue weighted by Crippen LogP contribution is 2.32. The molecular weight excluding hydrogens is 382 g/mol. The average molecular weight is 408 g/mol. The minimum atomic E-state index is -0.176. The molecule has 0 bridgehead atoms. The molecule has 1 fully saturated rings. The quantitative estimate of drug-likeness (QED) is 0.614. The van der Waals surface area contributed by atoms with Crippen molar-refractivity contribution in [3.8, 4) is 0 Å². The van der Waals surface area contributed by atoms with E-state index in [-0.39, 0.29) is 23.8 Å². The van der Waals surface area contributed by atoms with Crippen molar-refractivity contribution in [3.05, 3.63) is 64.4 Å². The van der Waals surface area contributed by atoms with E-state index < -0.39 is 0 Å². The summed E-state index contributed by atoms with van der Waals surface area (Å²) in [6.07, 6.45) is 1.85. The Kier molecular flexibility index (Phi) is 5.65. The molecule has 1 aliphatic rings. The summed E-state index contributed by atoms with van der Waals surface area (Å²) in [5.41, 5.74) is 1.08. The van der Waals surface area contributed by atoms with E-state index in [0.717, 1.165) is 23.6 Å². The van der Waals surface area contributed by atoms with E-state index in [1.54, 1.807) is 11.3 Å². The lowest BCUT2D eigenvalue weighted by Crippen LogP contribution is -2.34. The molecular formula is C23H25N3O2S. The predicted octanol–water partition coefficient (Wildman–Crippen LogP) is 4.28. The number of amides is 2. The minimum Gasteiger partial charge on any atom is -0.350 e. The van der Waals surface area contributed by atoms with Gasteiger partial charge in [0, 0.05) is 17.3 Å². The van der Waals surface area contributed by atoms with Crippen LogP contribution >= 0.6 is 11.3 Å². The SMILES string of the molecule is CN(C)C(CNC(=O)c1cc2ccccc2cc1NC(=O)C1CC1)c1cccs1. The van der Waals surface area contributed by atoms with Crippen molar-refractivity contribution in [2.45, 2.75) is 18.9 Å². The zero-order chi connectivity index (χ0) is 20.4. The van der Waals surface area contributed by atoms with E-state index in [1.807, 2.05) is 61.9 Å². The number of rotatable bonds is 7. The highest BCUT2D eigenvalue weighted by atomic mass is 32.1. The molecule has 5 nitrogen and oxygen atoms in total. The van der Waals surface area contributed by atoms with Crippen LogP contribution in [0.4, 0.5) is 5.69 Å². The molecule has 29 heavy (non-hydrogen) atoms. The number of nitrogens with one attached hydrogen (secondary N) is 2. The summed E-state index contributed by atoms with van der Waals surface area (Å²) >= 11 is 1.68. The Morgan fingerprint density at radius 2 is 1.83 bits per heavy atom. The number of anilines is 1. The van der Waals surface area contributed by atoms with Crippen LogP contribution < -0.4 is 10.6 Å². The largest absolute Gasteiger partial charge is 0.350 e. The molecule has 1 unspecified atom stereocenters. The second-order valence-electron chi connectivity index (χ2n) is 7.71. The van der Waals surface area contributed by atoms with Gasteiger partial charge in [0.15, 0.2) is 0 Å². The second-order valence-corrected chi connectivity index (χ2v) is 8.69. The van der Waals surface area contributed by atoms with Crippen molar-refractivity contribution >= 4 is 39.6 Å². The normalized spacial score (nSPS) is 14.7. The van der Waals surface area contributed by atoms with Gasteiger partial charge in [0.2, 0.25) is 5.91 Å². The van der Waals surface area contributed by atoms with Crippen LogP contribution in [0, 0.1) is 5.92 Å². The van der Waals surface area contributed by atoms with Gasteiger partial charge in [-0.2, -0.15) is 0 Å². The summed E-state index contributed by atoms with van der Waals surface area (Å²) in [5.74, 6) is -0.0985. The zero-order valence-corrected chi connectivity index (χ0v) is 17.5. The van der Waals surface area contributed by atoms with Gasteiger partial charge in [-0.1, -0.05) is 30.3 Å². The van der Waals surface area contributed by atoms with E-state index in [4.69, 9.17) is 0 Å². The number of carbonyl (C=O) groups is 2. The lowest BCUT2D eigenvalue weighted by atomic mass is 10.0. The number of thiophene rings is 1. The maximum absolute atomic E-state index is 13.1. The van der Waals surface area contributed by atoms with Crippen molar-refractivity contribution < 1.29 is 9.59 Å². The number of benzene rings is 2. The van der Waals surface area contributed by atoms with Crippen LogP contribution in [0.5, 0.6) is 0 Å². The van der Waals surface area contributed by atoms with Gasteiger partial charge in [-0.25, -0.2) is 0 Å². The molecule has 3 aromatic rings. The van der Waals surface area contributed by atoms with Crippen molar-refractivity contribution in [2.24, 2.45) is 5.92 Å². The number of hydrogen-bond donors (Lipinski definition) is 2. The molecule has 150 valence electrons. The molecule has 1 heterocycles. The second kappa shape index (κ2) is 8.35. The first-order valence-corrected chi connectivity index (χ1v) is 10.7. The van der Waals surface area contributed by atoms with Gasteiger partial charge in [-0.3, -0.25) is 9.59 Å². The lowest BCUT2D eigenvalue weighted by Gasteiger charge is -2.24. The van der Waals surface area contributed by atoms with Crippen LogP contribution in [0.1, 0.15) is 34.1 Å². The Morgan fingerprint density at radius 1 is 1.10 bits per heavy atom. The fourth-order valence-electron chi connectivity index (χ4n) is 3.42. The summed E-state index contributed by atoms with van der Waals surface area (Å²) in [6.45, 7) is 0.495. The van der Waals surface area contributed by atoms with Crippen LogP contribution in [0.3, 0.4) is 0 Å². The Labute approximate surface area is 174 Å². The first-order valence-electron chi connectivity index (χ1n) is 9.84. The predicted molar refractivity (Wildman–Crippen MR) is 118 cm³/mol. The van der Waals surface area contributed by atoms with Crippen molar-refractivity contribution in [2.75, 3.05) is 26.0 Å². The maximum Gasteiger partial charge on any atom is 0.253 e. The maximum atomic E-state index is 13.1. The van der Waals surface area contributed by atoms with Crippen LogP contribution in [0.15, 0.2) is 53.9 Å². The lowest BCUT2D eigenvalue weighted by molar-refractivity contribution is -0.117. The van der Waals surface area contributed by atoms with Gasteiger partial charge >= 0.3 is 0 Å². The Morgan fingerprint density at radius 3 is 2.45 bits per heavy atom. The van der Waals surface area contributed by atoms with Crippen LogP contribution in [0.25, 0.3) is 10.8 Å². The Hall–Kier alpha value is -2.70. The molecule has 2 aromatic carbocycles. The molecule has 2 amide bonds. The molecule has 6 heteroatoms. The number of fused-ring (bicyclic) bond motifs is 1. The van der Waals surface area contributed by atoms with Gasteiger partial charge < -0.3 is 15.5 Å². The third-order valence-corrected chi connectivity index (χ3v) is 6.26. The summed E-state index contributed by atoms with van der Waals surface area (Å²) in [6, 6.07) is 15.8. The molecule has 2 N–H and O–H groups in total. The molecule has 0 aliphatic heterocycles. The van der Waals surface area contributed by atoms with Crippen LogP contribution in [0.2, 0.25) is 0 Å². The summed E-state index contributed by atoms with van der Waals surface area (Å²) in [7, 11) is 4.02. The number of hydrogen-bond acceptors (Lipinski definition) is 4. The van der Waals surface area contributed by atoms with Gasteiger partial charge in [-0.15, -0.1) is 11.3 Å². The first kappa shape index (κ1) is 19.6. The summed E-state index contributed by atoms with van der Waals surface area (Å²) < 4.78 is 0. The van der Waals surface area contributed by atoms with Crippen LogP contribution in [-0.2, 0) is 4.79 Å². The van der Waals surface area contributed by atoms with E-state index in [0.29, 0.717) is 17.8 Å². The van der Waals surface area contributed by atoms with Crippen LogP contribution in [-0.4, -0.2) is 37.4 Å². The number of nitrogens with zero attached hydrogens (tertiary/aromatic N) is 1. The Bertz CT molecular complexity index is 1030. The number of carbonyl (C=O) groups excluding carboxylic acids is 2. The highest BCUT2D eigenvalue weighted by Gasteiger charge is 2.30. The van der Waals surface area contributed by atoms with E-state index in [1.165, 1.54) is 4.88 Å². The van der Waals surface area contributed by atoms with E-state index in [2.05, 4.69) is 21.6 Å². The highest BCUT2D eigenvalue weighted by molar-refractivity contribution is 7.10. The van der Waals surface area contributed by atoms with Gasteiger partial charge in [-0.05, 0) is 61.3 Å². The molecule has 1 aliphatic carbocycles. The summed E-state index contributed by atoms with van der Waals surface area (Å²) in [4.78, 5) is 28.7. The molecule has 0 spiro atoms. The van der Waals surface area contributed by atoms with Crippen molar-refractivity contribution in [1.82, 2.24) is 10.2 Å². The first-order chi connectivity index (χ1) is 14.0. The van der Waals surface area contributed by atoms with E-state index in [9.17, 15) is 9.59 Å². The minimum absolute atomic E-state index is 0.000847. The monoisotopic (exact) mass is 407 g/mol. The molecule has 0 radical (unpaired) electrons. The standard InChI is InChI=1S/C23H25N3O2S/c1-26(2)20(21-8-5-11-29-21)14-24-23(28)18-12-16-6-3-4-7-17(16)13-19(18)25-22(27)15-9-10-15/h3-8,11-13,15,20H,9-10,14H2,1-2H3,(H,24,28)(H,25,27). The number of likely N-dealkylation sites (N-methyl/N-ethyl adjacent to an activating group) is 1. The topological polar surface area (TPSA) is 61.4 Å². The third kappa shape index (κ3) is 4.49. The summed E-state index contributed by atoms with van der Waals surface area (Å²) in [5, 5.41) is 10.1. The zero-order valence-electron chi connectivity index (χ0n) is 16.6. The molecule has 1 saturated carbocycles. The fourth-order valence-corrected chi connectivity index (χ4v) is 4.34. The Balaban J connectivity index is 1.58. The van der Waals surface area contributed by atoms with Gasteiger partial charge in [0.1, 0.15) is 0 Å². The third-order valence-electron chi connectivity index (χ3n) is 5.29. The smallest absolute Gasteiger partial charge is 0.253 e. The molecule has 4 rings (SSSR count). The fraction of sp³-hybridized carbons (Fsp3) is 0.304. The molecule has 1 atom stereocenters. The van der Waals surface area contributed by atoms with Gasteiger partial charge in [0.25, 0.3) is 5.91 Å². The molecule has 1 aromatic heterocycles. The van der Waals surface area contributed by atoms with Gasteiger partial charge in [0.05, 0.1) is 17.3 Å².